The van der Waals surface area contributed by atoms with Crippen LogP contribution in [0, 0.1) is 25.2 Å². The minimum atomic E-state index is 0.438. The van der Waals surface area contributed by atoms with Crippen LogP contribution in [0.3, 0.4) is 0 Å². The van der Waals surface area contributed by atoms with Gasteiger partial charge in [-0.1, -0.05) is 24.3 Å². The molecule has 0 aliphatic rings. The third-order valence-electron chi connectivity index (χ3n) is 5.96. The van der Waals surface area contributed by atoms with Crippen molar-refractivity contribution in [2.45, 2.75) is 20.3 Å². The number of fused-ring (bicyclic) bond motifs is 6. The molecule has 0 atom stereocenters. The fraction of sp³-hybridized carbons (Fsp3) is 0.115. The summed E-state index contributed by atoms with van der Waals surface area (Å²) in [6, 6.07) is 14.4. The molecule has 6 aromatic heterocycles. The van der Waals surface area contributed by atoms with Gasteiger partial charge in [0, 0.05) is 5.56 Å². The molecule has 0 saturated heterocycles. The lowest BCUT2D eigenvalue weighted by Crippen LogP contribution is -1.88. The topological polar surface area (TPSA) is 84.2 Å². The van der Waals surface area contributed by atoms with Gasteiger partial charge >= 0.3 is 0 Å². The van der Waals surface area contributed by atoms with Gasteiger partial charge in [0.05, 0.1) is 54.3 Å². The summed E-state index contributed by atoms with van der Waals surface area (Å²) in [6.07, 6.45) is 3.96. The summed E-state index contributed by atoms with van der Waals surface area (Å²) in [7, 11) is 0. The molecule has 0 aliphatic heterocycles. The second-order valence-electron chi connectivity index (χ2n) is 8.24. The van der Waals surface area contributed by atoms with Crippen LogP contribution in [0.5, 0.6) is 0 Å². The van der Waals surface area contributed by atoms with Crippen molar-refractivity contribution >= 4 is 70.1 Å². The molecule has 0 N–H and O–H groups in total. The van der Waals surface area contributed by atoms with Gasteiger partial charge in [0.1, 0.15) is 18.2 Å². The molecule has 0 bridgehead atoms. The first-order valence-corrected chi connectivity index (χ1v) is 13.6. The van der Waals surface area contributed by atoms with Crippen molar-refractivity contribution in [2.75, 3.05) is 0 Å². The minimum Gasteiger partial charge on any atom is -0.235 e. The van der Waals surface area contributed by atoms with Crippen molar-refractivity contribution in [3.63, 3.8) is 0 Å². The Labute approximate surface area is 222 Å². The van der Waals surface area contributed by atoms with E-state index in [1.807, 2.05) is 52.5 Å². The Morgan fingerprint density at radius 3 is 2.06 bits per heavy atom. The number of aromatic nitrogens is 6. The van der Waals surface area contributed by atoms with Gasteiger partial charge in [-0.2, -0.15) is 15.5 Å². The van der Waals surface area contributed by atoms with Gasteiger partial charge in [-0.15, -0.1) is 22.7 Å². The fourth-order valence-corrected chi connectivity index (χ4v) is 6.64. The van der Waals surface area contributed by atoms with E-state index < -0.39 is 0 Å². The molecule has 0 amide bonds. The van der Waals surface area contributed by atoms with Gasteiger partial charge in [0.15, 0.2) is 0 Å². The standard InChI is InChI=1S/C17H12N4S.C9H6BrN3S/c1-11-15(13-4-2-12(3-5-13)6-8-18)16-17-14(7-9-22-17)19-10-21(16)20-11;1-5-7(10)8-9-6(2-3-14-9)11-4-13(8)12-5/h2-5,7,9-10H,6H2,1H3;2-4H,1H3. The molecular formula is C26H18BrN7S2. The smallest absolute Gasteiger partial charge is 0.118 e. The summed E-state index contributed by atoms with van der Waals surface area (Å²) in [5.74, 6) is 0. The largest absolute Gasteiger partial charge is 0.235 e. The van der Waals surface area contributed by atoms with Crippen LogP contribution in [0.2, 0.25) is 0 Å². The van der Waals surface area contributed by atoms with E-state index in [0.717, 1.165) is 59.3 Å². The number of nitrogens with zero attached hydrogens (tertiary/aromatic N) is 7. The molecule has 0 unspecified atom stereocenters. The molecule has 7 aromatic rings. The number of nitriles is 1. The molecule has 10 heteroatoms. The summed E-state index contributed by atoms with van der Waals surface area (Å²) in [4.78, 5) is 8.74. The van der Waals surface area contributed by atoms with Crippen LogP contribution < -0.4 is 0 Å². The van der Waals surface area contributed by atoms with Crippen molar-refractivity contribution in [3.8, 4) is 17.2 Å². The molecular weight excluding hydrogens is 554 g/mol. The molecule has 7 nitrogen and oxygen atoms in total. The molecule has 1 aromatic carbocycles. The number of halogens is 1. The summed E-state index contributed by atoms with van der Waals surface area (Å²) < 4.78 is 7.07. The Morgan fingerprint density at radius 2 is 1.42 bits per heavy atom. The van der Waals surface area contributed by atoms with Crippen molar-refractivity contribution < 1.29 is 0 Å². The molecule has 0 spiro atoms. The van der Waals surface area contributed by atoms with E-state index in [2.05, 4.69) is 59.7 Å². The summed E-state index contributed by atoms with van der Waals surface area (Å²) >= 11 is 6.93. The second-order valence-corrected chi connectivity index (χ2v) is 10.9. The van der Waals surface area contributed by atoms with Crippen LogP contribution in [-0.2, 0) is 6.42 Å². The van der Waals surface area contributed by atoms with Gasteiger partial charge in [-0.3, -0.25) is 0 Å². The first kappa shape index (κ1) is 22.8. The number of hydrogen-bond acceptors (Lipinski definition) is 7. The van der Waals surface area contributed by atoms with E-state index >= 15 is 0 Å². The highest BCUT2D eigenvalue weighted by atomic mass is 79.9. The zero-order chi connectivity index (χ0) is 24.8. The molecule has 176 valence electrons. The maximum Gasteiger partial charge on any atom is 0.118 e. The quantitative estimate of drug-likeness (QED) is 0.223. The number of aryl methyl sites for hydroxylation is 2. The van der Waals surface area contributed by atoms with Gasteiger partial charge in [0.2, 0.25) is 0 Å². The SMILES string of the molecule is Cc1nn2cnc3ccsc3c2c1-c1ccc(CC#N)cc1.Cc1nn2cnc3ccsc3c2c1Br. The van der Waals surface area contributed by atoms with E-state index in [0.29, 0.717) is 6.42 Å². The maximum atomic E-state index is 8.78. The number of thiophene rings is 2. The average Bonchev–Trinajstić information content (AvgIpc) is 3.65. The Hall–Kier alpha value is -3.65. The fourth-order valence-electron chi connectivity index (χ4n) is 4.29. The first-order valence-electron chi connectivity index (χ1n) is 11.1. The highest BCUT2D eigenvalue weighted by Gasteiger charge is 2.16. The Bertz CT molecular complexity index is 1920. The molecule has 0 radical (unpaired) electrons. The highest BCUT2D eigenvalue weighted by Crippen LogP contribution is 2.34. The van der Waals surface area contributed by atoms with Crippen LogP contribution >= 0.6 is 38.6 Å². The summed E-state index contributed by atoms with van der Waals surface area (Å²) in [5, 5.41) is 21.8. The van der Waals surface area contributed by atoms with Crippen LogP contribution in [-0.4, -0.2) is 29.2 Å². The monoisotopic (exact) mass is 571 g/mol. The normalized spacial score (nSPS) is 11.3. The third-order valence-corrected chi connectivity index (χ3v) is 8.73. The van der Waals surface area contributed by atoms with E-state index in [1.165, 1.54) is 4.70 Å². The predicted molar refractivity (Wildman–Crippen MR) is 149 cm³/mol. The second kappa shape index (κ2) is 9.09. The van der Waals surface area contributed by atoms with Gasteiger partial charge in [0.25, 0.3) is 0 Å². The molecule has 36 heavy (non-hydrogen) atoms. The van der Waals surface area contributed by atoms with Crippen LogP contribution in [0.25, 0.3) is 42.6 Å². The van der Waals surface area contributed by atoms with Crippen molar-refractivity contribution in [1.29, 1.82) is 5.26 Å². The highest BCUT2D eigenvalue weighted by molar-refractivity contribution is 9.10. The van der Waals surface area contributed by atoms with Gasteiger partial charge in [-0.05, 0) is 63.8 Å². The van der Waals surface area contributed by atoms with E-state index in [-0.39, 0.29) is 0 Å². The molecule has 0 fully saturated rings. The first-order chi connectivity index (χ1) is 17.5. The van der Waals surface area contributed by atoms with E-state index in [1.54, 1.807) is 35.3 Å². The number of rotatable bonds is 2. The van der Waals surface area contributed by atoms with Crippen molar-refractivity contribution in [1.82, 2.24) is 29.2 Å². The lowest BCUT2D eigenvalue weighted by Gasteiger charge is -2.03. The lowest BCUT2D eigenvalue weighted by atomic mass is 10.0. The molecule has 6 heterocycles. The molecule has 0 aliphatic carbocycles. The van der Waals surface area contributed by atoms with Gasteiger partial charge < -0.3 is 0 Å². The van der Waals surface area contributed by atoms with Crippen LogP contribution in [0.1, 0.15) is 17.0 Å². The Morgan fingerprint density at radius 1 is 0.833 bits per heavy atom. The van der Waals surface area contributed by atoms with E-state index in [9.17, 15) is 0 Å². The van der Waals surface area contributed by atoms with Gasteiger partial charge in [-0.25, -0.2) is 19.0 Å². The molecule has 7 rings (SSSR count). The van der Waals surface area contributed by atoms with Crippen molar-refractivity contribution in [3.05, 3.63) is 81.2 Å². The number of hydrogen-bond donors (Lipinski definition) is 0. The lowest BCUT2D eigenvalue weighted by molar-refractivity contribution is 0.912. The average molecular weight is 573 g/mol. The van der Waals surface area contributed by atoms with Crippen LogP contribution in [0.4, 0.5) is 0 Å². The van der Waals surface area contributed by atoms with Crippen molar-refractivity contribution in [2.24, 2.45) is 0 Å². The van der Waals surface area contributed by atoms with E-state index in [4.69, 9.17) is 5.26 Å². The molecule has 0 saturated carbocycles. The summed E-state index contributed by atoms with van der Waals surface area (Å²) in [5.41, 5.74) is 9.51. The third kappa shape index (κ3) is 3.76. The number of benzene rings is 1. The predicted octanol–water partition coefficient (Wildman–Crippen LogP) is 7.00. The minimum absolute atomic E-state index is 0.438. The zero-order valence-electron chi connectivity index (χ0n) is 19.3. The van der Waals surface area contributed by atoms with Crippen LogP contribution in [0.15, 0.2) is 64.3 Å². The maximum absolute atomic E-state index is 8.78. The Balaban J connectivity index is 0.000000147. The Kier molecular flexibility index (Phi) is 5.76. The summed E-state index contributed by atoms with van der Waals surface area (Å²) in [6.45, 7) is 4.00. The zero-order valence-corrected chi connectivity index (χ0v) is 22.5.